The highest BCUT2D eigenvalue weighted by molar-refractivity contribution is 6.04. The Hall–Kier alpha value is -2.96. The van der Waals surface area contributed by atoms with Crippen LogP contribution in [0.4, 0.5) is 4.79 Å². The number of rotatable bonds is 5. The minimum atomic E-state index is -0.626. The second kappa shape index (κ2) is 6.66. The molecule has 2 N–H and O–H groups in total. The first-order chi connectivity index (χ1) is 11.5. The van der Waals surface area contributed by atoms with Crippen LogP contribution in [0.1, 0.15) is 18.4 Å². The smallest absolute Gasteiger partial charge is 0.322 e. The molecule has 124 valence electrons. The average molecular weight is 326 g/mol. The van der Waals surface area contributed by atoms with Crippen molar-refractivity contribution < 1.29 is 14.4 Å². The van der Waals surface area contributed by atoms with Crippen molar-refractivity contribution in [1.29, 1.82) is 0 Å². The van der Waals surface area contributed by atoms with Crippen molar-refractivity contribution >= 4 is 28.6 Å². The summed E-state index contributed by atoms with van der Waals surface area (Å²) in [7, 11) is 1.73. The fourth-order valence-corrected chi connectivity index (χ4v) is 2.79. The zero-order valence-electron chi connectivity index (χ0n) is 13.3. The number of nitrogens with one attached hydrogen (secondary N) is 2. The molecule has 0 bridgehead atoms. The standard InChI is InChI=1S/C17H18N4O3/c1-21(15(22)6-5-14-16(23)20-17(24)19-14)10-12-4-2-3-11-9-18-8-7-13(11)12/h2-4,7-9,14H,5-6,10H2,1H3,(H2,19,20,23,24). The lowest BCUT2D eigenvalue weighted by Gasteiger charge is -2.19. The molecule has 1 aliphatic heterocycles. The van der Waals surface area contributed by atoms with Crippen LogP contribution in [0, 0.1) is 0 Å². The Kier molecular flexibility index (Phi) is 4.41. The molecule has 7 heteroatoms. The fraction of sp³-hybridized carbons (Fsp3) is 0.294. The Morgan fingerprint density at radius 1 is 1.29 bits per heavy atom. The van der Waals surface area contributed by atoms with Crippen LogP contribution in [0.3, 0.4) is 0 Å². The highest BCUT2D eigenvalue weighted by atomic mass is 16.2. The first-order valence-electron chi connectivity index (χ1n) is 7.71. The van der Waals surface area contributed by atoms with E-state index in [0.29, 0.717) is 13.0 Å². The summed E-state index contributed by atoms with van der Waals surface area (Å²) in [5.74, 6) is -0.452. The Balaban J connectivity index is 1.61. The molecule has 2 aromatic rings. The van der Waals surface area contributed by atoms with E-state index in [4.69, 9.17) is 0 Å². The van der Waals surface area contributed by atoms with Gasteiger partial charge in [0, 0.05) is 37.8 Å². The number of carbonyl (C=O) groups is 3. The Bertz CT molecular complexity index is 800. The molecule has 0 aliphatic carbocycles. The number of amides is 4. The number of aromatic nitrogens is 1. The van der Waals surface area contributed by atoms with Crippen LogP contribution in [0.15, 0.2) is 36.7 Å². The summed E-state index contributed by atoms with van der Waals surface area (Å²) in [5.41, 5.74) is 1.04. The minimum Gasteiger partial charge on any atom is -0.341 e. The predicted octanol–water partition coefficient (Wildman–Crippen LogP) is 1.18. The summed E-state index contributed by atoms with van der Waals surface area (Å²) < 4.78 is 0. The third-order valence-electron chi connectivity index (χ3n) is 4.11. The molecule has 1 aromatic carbocycles. The second-order valence-corrected chi connectivity index (χ2v) is 5.82. The fourth-order valence-electron chi connectivity index (χ4n) is 2.79. The summed E-state index contributed by atoms with van der Waals surface area (Å²) in [6, 6.07) is 6.71. The molecule has 3 rings (SSSR count). The molecular weight excluding hydrogens is 308 g/mol. The van der Waals surface area contributed by atoms with Crippen LogP contribution < -0.4 is 10.6 Å². The molecule has 1 aliphatic rings. The normalized spacial score (nSPS) is 16.8. The number of imide groups is 1. The van der Waals surface area contributed by atoms with Gasteiger partial charge in [-0.1, -0.05) is 18.2 Å². The molecule has 0 radical (unpaired) electrons. The Morgan fingerprint density at radius 3 is 2.88 bits per heavy atom. The molecule has 1 saturated heterocycles. The van der Waals surface area contributed by atoms with Gasteiger partial charge in [-0.25, -0.2) is 4.79 Å². The van der Waals surface area contributed by atoms with Crippen molar-refractivity contribution in [3.05, 3.63) is 42.2 Å². The lowest BCUT2D eigenvalue weighted by molar-refractivity contribution is -0.130. The average Bonchev–Trinajstić information content (AvgIpc) is 2.90. The van der Waals surface area contributed by atoms with Crippen LogP contribution in [-0.2, 0) is 16.1 Å². The van der Waals surface area contributed by atoms with E-state index in [9.17, 15) is 14.4 Å². The van der Waals surface area contributed by atoms with E-state index in [1.807, 2.05) is 24.3 Å². The SMILES string of the molecule is CN(Cc1cccc2cnccc12)C(=O)CCC1NC(=O)NC1=O. The first-order valence-corrected chi connectivity index (χ1v) is 7.71. The molecule has 1 unspecified atom stereocenters. The summed E-state index contributed by atoms with van der Waals surface area (Å²) in [4.78, 5) is 40.6. The quantitative estimate of drug-likeness (QED) is 0.807. The maximum Gasteiger partial charge on any atom is 0.322 e. The van der Waals surface area contributed by atoms with E-state index < -0.39 is 12.1 Å². The van der Waals surface area contributed by atoms with Gasteiger partial charge in [0.15, 0.2) is 0 Å². The number of fused-ring (bicyclic) bond motifs is 1. The van der Waals surface area contributed by atoms with E-state index in [1.54, 1.807) is 24.3 Å². The van der Waals surface area contributed by atoms with Gasteiger partial charge >= 0.3 is 6.03 Å². The van der Waals surface area contributed by atoms with Gasteiger partial charge in [0.1, 0.15) is 6.04 Å². The molecule has 0 spiro atoms. The topological polar surface area (TPSA) is 91.4 Å². The summed E-state index contributed by atoms with van der Waals surface area (Å²) in [6.45, 7) is 0.476. The van der Waals surface area contributed by atoms with Crippen molar-refractivity contribution in [1.82, 2.24) is 20.5 Å². The van der Waals surface area contributed by atoms with Gasteiger partial charge < -0.3 is 10.2 Å². The lowest BCUT2D eigenvalue weighted by atomic mass is 10.1. The largest absolute Gasteiger partial charge is 0.341 e. The van der Waals surface area contributed by atoms with Crippen molar-refractivity contribution in [3.8, 4) is 0 Å². The number of carbonyl (C=O) groups excluding carboxylic acids is 3. The molecule has 1 atom stereocenters. The molecular formula is C17H18N4O3. The van der Waals surface area contributed by atoms with E-state index in [1.165, 1.54) is 0 Å². The molecule has 0 saturated carbocycles. The van der Waals surface area contributed by atoms with Crippen LogP contribution in [-0.4, -0.2) is 40.8 Å². The highest BCUT2D eigenvalue weighted by Crippen LogP contribution is 2.19. The molecule has 1 fully saturated rings. The molecule has 1 aromatic heterocycles. The summed E-state index contributed by atoms with van der Waals surface area (Å²) in [5, 5.41) is 6.75. The number of pyridine rings is 1. The molecule has 2 heterocycles. The van der Waals surface area contributed by atoms with E-state index >= 15 is 0 Å². The van der Waals surface area contributed by atoms with Gasteiger partial charge in [-0.15, -0.1) is 0 Å². The zero-order valence-corrected chi connectivity index (χ0v) is 13.3. The lowest BCUT2D eigenvalue weighted by Crippen LogP contribution is -2.32. The van der Waals surface area contributed by atoms with E-state index in [-0.39, 0.29) is 18.2 Å². The predicted molar refractivity (Wildman–Crippen MR) is 87.9 cm³/mol. The van der Waals surface area contributed by atoms with Crippen molar-refractivity contribution in [2.45, 2.75) is 25.4 Å². The number of hydrogen-bond donors (Lipinski definition) is 2. The second-order valence-electron chi connectivity index (χ2n) is 5.82. The van der Waals surface area contributed by atoms with Crippen molar-refractivity contribution in [2.75, 3.05) is 7.05 Å². The monoisotopic (exact) mass is 326 g/mol. The van der Waals surface area contributed by atoms with Gasteiger partial charge in [-0.05, 0) is 23.4 Å². The highest BCUT2D eigenvalue weighted by Gasteiger charge is 2.29. The third kappa shape index (κ3) is 3.34. The van der Waals surface area contributed by atoms with Crippen molar-refractivity contribution in [2.24, 2.45) is 0 Å². The van der Waals surface area contributed by atoms with Gasteiger partial charge in [-0.3, -0.25) is 19.9 Å². The first kappa shape index (κ1) is 15.9. The van der Waals surface area contributed by atoms with Crippen molar-refractivity contribution in [3.63, 3.8) is 0 Å². The Morgan fingerprint density at radius 2 is 2.12 bits per heavy atom. The molecule has 7 nitrogen and oxygen atoms in total. The van der Waals surface area contributed by atoms with Gasteiger partial charge in [0.25, 0.3) is 5.91 Å². The zero-order chi connectivity index (χ0) is 17.1. The molecule has 4 amide bonds. The van der Waals surface area contributed by atoms with Crippen LogP contribution in [0.2, 0.25) is 0 Å². The number of hydrogen-bond acceptors (Lipinski definition) is 4. The minimum absolute atomic E-state index is 0.0741. The maximum atomic E-state index is 12.3. The van der Waals surface area contributed by atoms with E-state index in [2.05, 4.69) is 15.6 Å². The van der Waals surface area contributed by atoms with E-state index in [0.717, 1.165) is 16.3 Å². The van der Waals surface area contributed by atoms with Crippen LogP contribution in [0.5, 0.6) is 0 Å². The van der Waals surface area contributed by atoms with Gasteiger partial charge in [0.05, 0.1) is 0 Å². The van der Waals surface area contributed by atoms with Crippen LogP contribution >= 0.6 is 0 Å². The number of nitrogens with zero attached hydrogens (tertiary/aromatic N) is 2. The maximum absolute atomic E-state index is 12.3. The number of benzene rings is 1. The Labute approximate surface area is 139 Å². The third-order valence-corrected chi connectivity index (χ3v) is 4.11. The van der Waals surface area contributed by atoms with Gasteiger partial charge in [-0.2, -0.15) is 0 Å². The number of urea groups is 1. The summed E-state index contributed by atoms with van der Waals surface area (Å²) >= 11 is 0. The van der Waals surface area contributed by atoms with Gasteiger partial charge in [0.2, 0.25) is 5.91 Å². The van der Waals surface area contributed by atoms with Crippen LogP contribution in [0.25, 0.3) is 10.8 Å². The summed E-state index contributed by atoms with van der Waals surface area (Å²) in [6.07, 6.45) is 4.01. The molecule has 24 heavy (non-hydrogen) atoms.